The summed E-state index contributed by atoms with van der Waals surface area (Å²) >= 11 is 0. The predicted molar refractivity (Wildman–Crippen MR) is 70.0 cm³/mol. The SMILES string of the molecule is CNC(C)(C)C(=O)NCC(C)(C)c1ccc[nH]1. The molecular weight excluding hydrogens is 214 g/mol. The molecule has 0 fully saturated rings. The summed E-state index contributed by atoms with van der Waals surface area (Å²) in [6.07, 6.45) is 1.90. The summed E-state index contributed by atoms with van der Waals surface area (Å²) in [7, 11) is 1.79. The Labute approximate surface area is 103 Å². The number of carbonyl (C=O) groups excluding carboxylic acids is 1. The second-order valence-electron chi connectivity index (χ2n) is 5.53. The third-order valence-electron chi connectivity index (χ3n) is 3.21. The Hall–Kier alpha value is -1.29. The van der Waals surface area contributed by atoms with Gasteiger partial charge in [-0.3, -0.25) is 4.79 Å². The molecule has 1 aromatic heterocycles. The van der Waals surface area contributed by atoms with Crippen molar-refractivity contribution in [3.8, 4) is 0 Å². The van der Waals surface area contributed by atoms with Crippen LogP contribution in [0, 0.1) is 0 Å². The average Bonchev–Trinajstić information content (AvgIpc) is 2.80. The van der Waals surface area contributed by atoms with Gasteiger partial charge in [0, 0.05) is 23.9 Å². The molecule has 96 valence electrons. The zero-order valence-electron chi connectivity index (χ0n) is 11.3. The van der Waals surface area contributed by atoms with Crippen LogP contribution in [-0.4, -0.2) is 30.0 Å². The van der Waals surface area contributed by atoms with E-state index < -0.39 is 5.54 Å². The number of rotatable bonds is 5. The number of amides is 1. The van der Waals surface area contributed by atoms with Gasteiger partial charge >= 0.3 is 0 Å². The van der Waals surface area contributed by atoms with Crippen LogP contribution in [0.25, 0.3) is 0 Å². The van der Waals surface area contributed by atoms with E-state index >= 15 is 0 Å². The molecule has 0 aliphatic rings. The highest BCUT2D eigenvalue weighted by atomic mass is 16.2. The average molecular weight is 237 g/mol. The number of carbonyl (C=O) groups is 1. The van der Waals surface area contributed by atoms with E-state index in [4.69, 9.17) is 0 Å². The predicted octanol–water partition coefficient (Wildman–Crippen LogP) is 1.41. The summed E-state index contributed by atoms with van der Waals surface area (Å²) in [5, 5.41) is 5.97. The van der Waals surface area contributed by atoms with Crippen molar-refractivity contribution in [1.29, 1.82) is 0 Å². The molecule has 4 nitrogen and oxygen atoms in total. The first kappa shape index (κ1) is 13.8. The van der Waals surface area contributed by atoms with Crippen molar-refractivity contribution >= 4 is 5.91 Å². The molecule has 1 heterocycles. The quantitative estimate of drug-likeness (QED) is 0.725. The molecule has 0 spiro atoms. The number of H-pyrrole nitrogens is 1. The molecule has 0 atom stereocenters. The van der Waals surface area contributed by atoms with Crippen LogP contribution >= 0.6 is 0 Å². The van der Waals surface area contributed by atoms with Crippen molar-refractivity contribution in [2.45, 2.75) is 38.6 Å². The van der Waals surface area contributed by atoms with E-state index in [0.29, 0.717) is 6.54 Å². The molecule has 4 heteroatoms. The molecule has 0 saturated carbocycles. The van der Waals surface area contributed by atoms with Gasteiger partial charge in [0.2, 0.25) is 5.91 Å². The summed E-state index contributed by atoms with van der Waals surface area (Å²) in [6.45, 7) is 8.54. The Balaban J connectivity index is 2.60. The molecule has 1 aromatic rings. The smallest absolute Gasteiger partial charge is 0.239 e. The molecule has 0 aromatic carbocycles. The molecule has 0 radical (unpaired) electrons. The molecule has 0 bridgehead atoms. The minimum absolute atomic E-state index is 0.0135. The van der Waals surface area contributed by atoms with E-state index in [2.05, 4.69) is 29.5 Å². The lowest BCUT2D eigenvalue weighted by molar-refractivity contribution is -0.126. The zero-order valence-corrected chi connectivity index (χ0v) is 11.3. The number of nitrogens with one attached hydrogen (secondary N) is 3. The fraction of sp³-hybridized carbons (Fsp3) is 0.615. The van der Waals surface area contributed by atoms with Crippen molar-refractivity contribution in [2.24, 2.45) is 0 Å². The van der Waals surface area contributed by atoms with Crippen molar-refractivity contribution in [3.05, 3.63) is 24.0 Å². The van der Waals surface area contributed by atoms with Gasteiger partial charge < -0.3 is 15.6 Å². The van der Waals surface area contributed by atoms with Gasteiger partial charge in [0.05, 0.1) is 5.54 Å². The van der Waals surface area contributed by atoms with Gasteiger partial charge in [0.25, 0.3) is 0 Å². The van der Waals surface area contributed by atoms with Crippen LogP contribution in [0.2, 0.25) is 0 Å². The summed E-state index contributed by atoms with van der Waals surface area (Å²) < 4.78 is 0. The van der Waals surface area contributed by atoms with E-state index in [1.54, 1.807) is 7.05 Å². The van der Waals surface area contributed by atoms with Gasteiger partial charge in [-0.05, 0) is 33.0 Å². The van der Waals surface area contributed by atoms with Crippen LogP contribution in [0.5, 0.6) is 0 Å². The molecule has 0 aliphatic carbocycles. The Morgan fingerprint density at radius 1 is 1.35 bits per heavy atom. The lowest BCUT2D eigenvalue weighted by Crippen LogP contribution is -2.53. The second kappa shape index (κ2) is 4.92. The van der Waals surface area contributed by atoms with Crippen LogP contribution in [-0.2, 0) is 10.2 Å². The minimum Gasteiger partial charge on any atom is -0.364 e. The Morgan fingerprint density at radius 3 is 2.47 bits per heavy atom. The maximum absolute atomic E-state index is 11.9. The van der Waals surface area contributed by atoms with Crippen molar-refractivity contribution in [3.63, 3.8) is 0 Å². The first-order chi connectivity index (χ1) is 7.79. The van der Waals surface area contributed by atoms with Crippen LogP contribution in [0.3, 0.4) is 0 Å². The normalized spacial score (nSPS) is 12.5. The molecular formula is C13H23N3O. The molecule has 1 amide bonds. The van der Waals surface area contributed by atoms with Gasteiger partial charge in [-0.1, -0.05) is 13.8 Å². The number of hydrogen-bond donors (Lipinski definition) is 3. The van der Waals surface area contributed by atoms with Gasteiger partial charge in [0.15, 0.2) is 0 Å². The van der Waals surface area contributed by atoms with E-state index in [0.717, 1.165) is 5.69 Å². The maximum Gasteiger partial charge on any atom is 0.239 e. The Bertz CT molecular complexity index is 366. The third kappa shape index (κ3) is 3.33. The summed E-state index contributed by atoms with van der Waals surface area (Å²) in [4.78, 5) is 15.1. The number of aromatic amines is 1. The summed E-state index contributed by atoms with van der Waals surface area (Å²) in [5.74, 6) is 0.0135. The molecule has 0 saturated heterocycles. The van der Waals surface area contributed by atoms with Gasteiger partial charge in [-0.2, -0.15) is 0 Å². The number of hydrogen-bond acceptors (Lipinski definition) is 2. The lowest BCUT2D eigenvalue weighted by Gasteiger charge is -2.28. The minimum atomic E-state index is -0.536. The molecule has 0 aliphatic heterocycles. The molecule has 17 heavy (non-hydrogen) atoms. The number of aromatic nitrogens is 1. The van der Waals surface area contributed by atoms with Crippen molar-refractivity contribution in [1.82, 2.24) is 15.6 Å². The fourth-order valence-corrected chi connectivity index (χ4v) is 1.48. The second-order valence-corrected chi connectivity index (χ2v) is 5.53. The highest BCUT2D eigenvalue weighted by Crippen LogP contribution is 2.20. The van der Waals surface area contributed by atoms with Crippen LogP contribution in [0.4, 0.5) is 0 Å². The number of likely N-dealkylation sites (N-methyl/N-ethyl adjacent to an activating group) is 1. The van der Waals surface area contributed by atoms with E-state index in [1.807, 2.05) is 32.2 Å². The van der Waals surface area contributed by atoms with Crippen molar-refractivity contribution in [2.75, 3.05) is 13.6 Å². The monoisotopic (exact) mass is 237 g/mol. The molecule has 3 N–H and O–H groups in total. The lowest BCUT2D eigenvalue weighted by atomic mass is 9.89. The Morgan fingerprint density at radius 2 is 2.00 bits per heavy atom. The standard InChI is InChI=1S/C13H23N3O/c1-12(2,10-7-6-8-15-10)9-16-11(17)13(3,4)14-5/h6-8,14-15H,9H2,1-5H3,(H,16,17). The largest absolute Gasteiger partial charge is 0.364 e. The highest BCUT2D eigenvalue weighted by molar-refractivity contribution is 5.85. The van der Waals surface area contributed by atoms with E-state index in [1.165, 1.54) is 0 Å². The third-order valence-corrected chi connectivity index (χ3v) is 3.21. The summed E-state index contributed by atoms with van der Waals surface area (Å²) in [5.41, 5.74) is 0.495. The zero-order chi connectivity index (χ0) is 13.1. The molecule has 1 rings (SSSR count). The van der Waals surface area contributed by atoms with Crippen LogP contribution < -0.4 is 10.6 Å². The van der Waals surface area contributed by atoms with Gasteiger partial charge in [-0.25, -0.2) is 0 Å². The fourth-order valence-electron chi connectivity index (χ4n) is 1.48. The van der Waals surface area contributed by atoms with E-state index in [-0.39, 0.29) is 11.3 Å². The Kier molecular flexibility index (Phi) is 3.98. The van der Waals surface area contributed by atoms with Gasteiger partial charge in [-0.15, -0.1) is 0 Å². The first-order valence-corrected chi connectivity index (χ1v) is 5.91. The summed E-state index contributed by atoms with van der Waals surface area (Å²) in [6, 6.07) is 4.01. The van der Waals surface area contributed by atoms with Crippen LogP contribution in [0.15, 0.2) is 18.3 Å². The van der Waals surface area contributed by atoms with Crippen LogP contribution in [0.1, 0.15) is 33.4 Å². The molecule has 0 unspecified atom stereocenters. The first-order valence-electron chi connectivity index (χ1n) is 5.91. The van der Waals surface area contributed by atoms with E-state index in [9.17, 15) is 4.79 Å². The highest BCUT2D eigenvalue weighted by Gasteiger charge is 2.28. The van der Waals surface area contributed by atoms with Gasteiger partial charge in [0.1, 0.15) is 0 Å². The topological polar surface area (TPSA) is 56.9 Å². The maximum atomic E-state index is 11.9. The van der Waals surface area contributed by atoms with Crippen molar-refractivity contribution < 1.29 is 4.79 Å².